The lowest BCUT2D eigenvalue weighted by Gasteiger charge is -2.22. The van der Waals surface area contributed by atoms with Crippen LogP contribution in [0.3, 0.4) is 0 Å². The van der Waals surface area contributed by atoms with Gasteiger partial charge in [-0.1, -0.05) is 12.2 Å². The monoisotopic (exact) mass is 380 g/mol. The Morgan fingerprint density at radius 3 is 2.62 bits per heavy atom. The Hall–Kier alpha value is -1.85. The first kappa shape index (κ1) is 20.5. The molecular weight excluding hydrogens is 356 g/mol. The van der Waals surface area contributed by atoms with Crippen molar-refractivity contribution in [2.75, 3.05) is 6.61 Å². The van der Waals surface area contributed by atoms with Gasteiger partial charge < -0.3 is 14.9 Å². The Labute approximate surface area is 158 Å². The summed E-state index contributed by atoms with van der Waals surface area (Å²) in [5, 5.41) is 18.8. The van der Waals surface area contributed by atoms with Crippen LogP contribution in [0.25, 0.3) is 0 Å². The number of hydrogen-bond acceptors (Lipinski definition) is 4. The number of rotatable bonds is 10. The summed E-state index contributed by atoms with van der Waals surface area (Å²) in [6.45, 7) is 0.363. The van der Waals surface area contributed by atoms with Gasteiger partial charge in [0, 0.05) is 23.3 Å². The molecule has 0 saturated heterocycles. The van der Waals surface area contributed by atoms with Crippen molar-refractivity contribution >= 4 is 23.9 Å². The number of aliphatic hydroxyl groups excluding tert-OH is 1. The van der Waals surface area contributed by atoms with Crippen LogP contribution >= 0.6 is 11.6 Å². The first-order valence-electron chi connectivity index (χ1n) is 8.88. The third kappa shape index (κ3) is 6.15. The van der Waals surface area contributed by atoms with Crippen LogP contribution in [0.5, 0.6) is 5.75 Å². The molecule has 0 aliphatic heterocycles. The molecule has 0 bridgehead atoms. The van der Waals surface area contributed by atoms with Crippen molar-refractivity contribution in [3.8, 4) is 5.75 Å². The van der Waals surface area contributed by atoms with Gasteiger partial charge in [0.25, 0.3) is 0 Å². The number of aldehydes is 1. The van der Waals surface area contributed by atoms with Crippen LogP contribution in [0, 0.1) is 11.8 Å². The van der Waals surface area contributed by atoms with Gasteiger partial charge in [0.1, 0.15) is 12.0 Å². The van der Waals surface area contributed by atoms with E-state index in [1.165, 1.54) is 0 Å². The molecule has 1 aliphatic rings. The fraction of sp³-hybridized carbons (Fsp3) is 0.500. The molecule has 0 unspecified atom stereocenters. The molecule has 6 heteroatoms. The molecule has 5 nitrogen and oxygen atoms in total. The van der Waals surface area contributed by atoms with E-state index in [4.69, 9.17) is 21.4 Å². The number of hydrogen-bond donors (Lipinski definition) is 2. The highest BCUT2D eigenvalue weighted by molar-refractivity contribution is 6.21. The number of carboxylic acids is 1. The minimum Gasteiger partial charge on any atom is -0.493 e. The summed E-state index contributed by atoms with van der Waals surface area (Å²) in [7, 11) is 0. The Morgan fingerprint density at radius 2 is 1.96 bits per heavy atom. The highest BCUT2D eigenvalue weighted by atomic mass is 35.5. The number of ether oxygens (including phenoxy) is 1. The molecule has 2 N–H and O–H groups in total. The zero-order chi connectivity index (χ0) is 18.9. The summed E-state index contributed by atoms with van der Waals surface area (Å²) in [6, 6.07) is 6.85. The molecule has 1 saturated carbocycles. The first-order chi connectivity index (χ1) is 12.5. The van der Waals surface area contributed by atoms with E-state index in [-0.39, 0.29) is 23.6 Å². The van der Waals surface area contributed by atoms with Crippen molar-refractivity contribution in [1.29, 1.82) is 0 Å². The van der Waals surface area contributed by atoms with E-state index in [0.29, 0.717) is 30.8 Å². The van der Waals surface area contributed by atoms with Crippen molar-refractivity contribution in [1.82, 2.24) is 0 Å². The Bertz CT molecular complexity index is 613. The van der Waals surface area contributed by atoms with E-state index in [1.54, 1.807) is 24.3 Å². The smallest absolute Gasteiger partial charge is 0.303 e. The molecule has 1 fully saturated rings. The van der Waals surface area contributed by atoms with Gasteiger partial charge in [-0.15, -0.1) is 11.6 Å². The van der Waals surface area contributed by atoms with Crippen molar-refractivity contribution in [2.45, 2.75) is 43.6 Å². The van der Waals surface area contributed by atoms with Gasteiger partial charge in [0.2, 0.25) is 0 Å². The van der Waals surface area contributed by atoms with E-state index in [2.05, 4.69) is 0 Å². The van der Waals surface area contributed by atoms with E-state index in [9.17, 15) is 14.7 Å². The van der Waals surface area contributed by atoms with Crippen LogP contribution in [-0.2, 0) is 4.79 Å². The van der Waals surface area contributed by atoms with E-state index in [0.717, 1.165) is 19.1 Å². The summed E-state index contributed by atoms with van der Waals surface area (Å²) < 4.78 is 5.79. The number of aliphatic hydroxyl groups is 1. The van der Waals surface area contributed by atoms with Gasteiger partial charge in [-0.25, -0.2) is 0 Å². The standard InChI is InChI=1S/C20H25ClO5/c21-18-11-19(23)17(13-26-15-9-7-14(12-22)8-10-15)16(18)5-3-1-2-4-6-20(24)25/h1,3,7-10,12,16-19,23H,2,4-6,11,13H2,(H,24,25)/b3-1-/t16-,17-,18-,19-/m1/s1. The van der Waals surface area contributed by atoms with Crippen molar-refractivity contribution in [3.05, 3.63) is 42.0 Å². The van der Waals surface area contributed by atoms with Crippen molar-refractivity contribution in [3.63, 3.8) is 0 Å². The number of carbonyl (C=O) groups is 2. The molecule has 1 aromatic rings. The molecule has 1 aromatic carbocycles. The number of aliphatic carboxylic acids is 1. The van der Waals surface area contributed by atoms with Gasteiger partial charge in [-0.2, -0.15) is 0 Å². The number of unbranched alkanes of at least 4 members (excludes halogenated alkanes) is 1. The lowest BCUT2D eigenvalue weighted by molar-refractivity contribution is -0.137. The molecule has 0 aromatic heterocycles. The summed E-state index contributed by atoms with van der Waals surface area (Å²) in [5.41, 5.74) is 0.588. The zero-order valence-corrected chi connectivity index (χ0v) is 15.3. The van der Waals surface area contributed by atoms with Crippen molar-refractivity contribution < 1.29 is 24.5 Å². The largest absolute Gasteiger partial charge is 0.493 e. The molecule has 0 spiro atoms. The number of carboxylic acid groups (broad SMARTS) is 1. The third-order valence-electron chi connectivity index (χ3n) is 4.77. The maximum Gasteiger partial charge on any atom is 0.303 e. The van der Waals surface area contributed by atoms with E-state index >= 15 is 0 Å². The fourth-order valence-corrected chi connectivity index (χ4v) is 3.74. The first-order valence-corrected chi connectivity index (χ1v) is 9.32. The molecule has 0 radical (unpaired) electrons. The quantitative estimate of drug-likeness (QED) is 0.280. The average Bonchev–Trinajstić information content (AvgIpc) is 2.89. The maximum absolute atomic E-state index is 10.7. The number of halogens is 1. The molecular formula is C20H25ClO5. The highest BCUT2D eigenvalue weighted by Crippen LogP contribution is 2.39. The summed E-state index contributed by atoms with van der Waals surface area (Å²) >= 11 is 6.40. The molecule has 0 amide bonds. The lowest BCUT2D eigenvalue weighted by atomic mass is 9.92. The van der Waals surface area contributed by atoms with E-state index < -0.39 is 12.1 Å². The summed E-state index contributed by atoms with van der Waals surface area (Å²) in [4.78, 5) is 21.2. The maximum atomic E-state index is 10.7. The molecule has 4 atom stereocenters. The lowest BCUT2D eigenvalue weighted by Crippen LogP contribution is -2.27. The average molecular weight is 381 g/mol. The van der Waals surface area contributed by atoms with Gasteiger partial charge in [0.15, 0.2) is 0 Å². The minimum atomic E-state index is -0.781. The van der Waals surface area contributed by atoms with Gasteiger partial charge in [0.05, 0.1) is 12.7 Å². The van der Waals surface area contributed by atoms with Crippen LogP contribution in [0.4, 0.5) is 0 Å². The predicted octanol–water partition coefficient (Wildman–Crippen LogP) is 3.68. The van der Waals surface area contributed by atoms with Gasteiger partial charge in [-0.05, 0) is 55.9 Å². The topological polar surface area (TPSA) is 83.8 Å². The summed E-state index contributed by atoms with van der Waals surface area (Å²) in [5.74, 6) is -0.0798. The molecule has 2 rings (SSSR count). The molecule has 0 heterocycles. The fourth-order valence-electron chi connectivity index (χ4n) is 3.27. The van der Waals surface area contributed by atoms with Gasteiger partial charge >= 0.3 is 5.97 Å². The van der Waals surface area contributed by atoms with Crippen LogP contribution < -0.4 is 4.74 Å². The molecule has 26 heavy (non-hydrogen) atoms. The normalized spacial score (nSPS) is 25.5. The Kier molecular flexibility index (Phi) is 8.13. The molecule has 1 aliphatic carbocycles. The third-order valence-corrected chi connectivity index (χ3v) is 5.27. The number of alkyl halides is 1. The Balaban J connectivity index is 1.84. The van der Waals surface area contributed by atoms with Crippen LogP contribution in [-0.4, -0.2) is 40.6 Å². The van der Waals surface area contributed by atoms with Gasteiger partial charge in [-0.3, -0.25) is 9.59 Å². The minimum absolute atomic E-state index is 0.0630. The second kappa shape index (κ2) is 10.3. The number of allylic oxidation sites excluding steroid dienone is 2. The summed E-state index contributed by atoms with van der Waals surface area (Å²) in [6.07, 6.45) is 7.06. The zero-order valence-electron chi connectivity index (χ0n) is 14.6. The highest BCUT2D eigenvalue weighted by Gasteiger charge is 2.41. The predicted molar refractivity (Wildman–Crippen MR) is 99.8 cm³/mol. The Morgan fingerprint density at radius 1 is 1.23 bits per heavy atom. The second-order valence-electron chi connectivity index (χ2n) is 6.64. The number of carbonyl (C=O) groups excluding carboxylic acids is 1. The second-order valence-corrected chi connectivity index (χ2v) is 7.20. The van der Waals surface area contributed by atoms with Crippen LogP contribution in [0.1, 0.15) is 42.5 Å². The molecule has 142 valence electrons. The van der Waals surface area contributed by atoms with Crippen molar-refractivity contribution in [2.24, 2.45) is 11.8 Å². The van der Waals surface area contributed by atoms with Crippen LogP contribution in [0.15, 0.2) is 36.4 Å². The van der Waals surface area contributed by atoms with E-state index in [1.807, 2.05) is 12.2 Å². The SMILES string of the molecule is O=Cc1ccc(OC[C@@H]2[C@@H](C/C=C\CCCC(=O)O)[C@H](Cl)C[C@H]2O)cc1. The number of benzene rings is 1. The van der Waals surface area contributed by atoms with Crippen LogP contribution in [0.2, 0.25) is 0 Å².